The molecule has 2 aliphatic rings. The Labute approximate surface area is 117 Å². The minimum atomic E-state index is -0.630. The number of aliphatic imine (C=N–C) groups is 1. The lowest BCUT2D eigenvalue weighted by Gasteiger charge is -2.35. The molecule has 1 aromatic carbocycles. The first-order valence-electron chi connectivity index (χ1n) is 6.58. The lowest BCUT2D eigenvalue weighted by atomic mass is 9.89. The maximum absolute atomic E-state index is 12.1. The van der Waals surface area contributed by atoms with Gasteiger partial charge in [-0.2, -0.15) is 4.99 Å². The number of amides is 2. The molecule has 5 nitrogen and oxygen atoms in total. The molecule has 1 unspecified atom stereocenters. The van der Waals surface area contributed by atoms with Crippen LogP contribution < -0.4 is 10.5 Å². The number of ether oxygens (including phenoxy) is 1. The predicted octanol–water partition coefficient (Wildman–Crippen LogP) is 1.82. The fourth-order valence-electron chi connectivity index (χ4n) is 3.20. The smallest absolute Gasteiger partial charge is 0.346 e. The number of carbonyl (C=O) groups is 1. The van der Waals surface area contributed by atoms with Crippen molar-refractivity contribution in [3.63, 3.8) is 0 Å². The van der Waals surface area contributed by atoms with Gasteiger partial charge in [0.25, 0.3) is 0 Å². The minimum Gasteiger partial charge on any atom is -0.497 e. The lowest BCUT2D eigenvalue weighted by molar-refractivity contribution is 0.180. The molecule has 0 bridgehead atoms. The number of hydrogen-bond donors (Lipinski definition) is 1. The minimum absolute atomic E-state index is 0.293. The van der Waals surface area contributed by atoms with Crippen LogP contribution in [0.4, 0.5) is 4.79 Å². The van der Waals surface area contributed by atoms with Crippen LogP contribution in [0.3, 0.4) is 0 Å². The van der Waals surface area contributed by atoms with Crippen LogP contribution in [0.1, 0.15) is 17.5 Å². The number of methoxy groups -OCH3 is 1. The Hall–Kier alpha value is -2.30. The van der Waals surface area contributed by atoms with Gasteiger partial charge in [-0.25, -0.2) is 4.79 Å². The zero-order chi connectivity index (χ0) is 14.3. The van der Waals surface area contributed by atoms with Crippen molar-refractivity contribution in [2.75, 3.05) is 13.7 Å². The number of hydrogen-bond acceptors (Lipinski definition) is 3. The van der Waals surface area contributed by atoms with Crippen molar-refractivity contribution in [2.24, 2.45) is 10.7 Å². The van der Waals surface area contributed by atoms with E-state index >= 15 is 0 Å². The second-order valence-corrected chi connectivity index (χ2v) is 5.06. The van der Waals surface area contributed by atoms with Crippen LogP contribution in [-0.4, -0.2) is 30.4 Å². The number of carbonyl (C=O) groups excluding carboxylic acids is 1. The number of benzene rings is 1. The number of urea groups is 1. The lowest BCUT2D eigenvalue weighted by Crippen LogP contribution is -2.50. The fraction of sp³-hybridized carbons (Fsp3) is 0.333. The molecule has 0 saturated carbocycles. The van der Waals surface area contributed by atoms with Crippen molar-refractivity contribution in [3.8, 4) is 5.75 Å². The van der Waals surface area contributed by atoms with Crippen molar-refractivity contribution < 1.29 is 9.53 Å². The van der Waals surface area contributed by atoms with Crippen molar-refractivity contribution >= 4 is 11.9 Å². The molecule has 3 rings (SSSR count). The van der Waals surface area contributed by atoms with E-state index in [1.165, 1.54) is 5.56 Å². The van der Waals surface area contributed by atoms with Gasteiger partial charge in [0, 0.05) is 6.54 Å². The largest absolute Gasteiger partial charge is 0.497 e. The van der Waals surface area contributed by atoms with Crippen LogP contribution in [0, 0.1) is 0 Å². The molecule has 2 N–H and O–H groups in total. The zero-order valence-electron chi connectivity index (χ0n) is 11.4. The topological polar surface area (TPSA) is 67.9 Å². The highest BCUT2D eigenvalue weighted by molar-refractivity contribution is 6.07. The molecule has 0 saturated heterocycles. The third-order valence-electron chi connectivity index (χ3n) is 4.16. The molecule has 0 fully saturated rings. The molecule has 5 heteroatoms. The number of nitrogens with two attached hydrogens (primary N) is 1. The molecule has 2 amide bonds. The predicted molar refractivity (Wildman–Crippen MR) is 76.9 cm³/mol. The fourth-order valence-corrected chi connectivity index (χ4v) is 3.20. The number of aryl methyl sites for hydroxylation is 1. The Morgan fingerprint density at radius 1 is 1.60 bits per heavy atom. The van der Waals surface area contributed by atoms with Crippen LogP contribution in [0.2, 0.25) is 0 Å². The maximum Gasteiger partial charge on any atom is 0.346 e. The van der Waals surface area contributed by atoms with Gasteiger partial charge in [0.15, 0.2) is 0 Å². The zero-order valence-corrected chi connectivity index (χ0v) is 11.4. The number of rotatable bonds is 3. The molecule has 1 aliphatic heterocycles. The average molecular weight is 271 g/mol. The number of fused-ring (bicyclic) bond motifs is 2. The molecular weight excluding hydrogens is 254 g/mol. The summed E-state index contributed by atoms with van der Waals surface area (Å²) in [5.74, 6) is 1.13. The van der Waals surface area contributed by atoms with Crippen LogP contribution >= 0.6 is 0 Å². The molecule has 20 heavy (non-hydrogen) atoms. The third-order valence-corrected chi connectivity index (χ3v) is 4.16. The Balaban J connectivity index is 2.17. The van der Waals surface area contributed by atoms with E-state index < -0.39 is 5.54 Å². The highest BCUT2D eigenvalue weighted by Crippen LogP contribution is 2.46. The van der Waals surface area contributed by atoms with Gasteiger partial charge in [-0.1, -0.05) is 12.1 Å². The summed E-state index contributed by atoms with van der Waals surface area (Å²) in [7, 11) is 1.63. The van der Waals surface area contributed by atoms with E-state index in [0.717, 1.165) is 24.2 Å². The summed E-state index contributed by atoms with van der Waals surface area (Å²) in [4.78, 5) is 17.7. The quantitative estimate of drug-likeness (QED) is 0.853. The Kier molecular flexibility index (Phi) is 2.78. The molecule has 1 spiro atoms. The Morgan fingerprint density at radius 3 is 3.10 bits per heavy atom. The second-order valence-electron chi connectivity index (χ2n) is 5.06. The van der Waals surface area contributed by atoms with Gasteiger partial charge in [-0.3, -0.25) is 0 Å². The molecule has 1 aromatic rings. The Bertz CT molecular complexity index is 624. The summed E-state index contributed by atoms with van der Waals surface area (Å²) in [6.45, 7) is 4.15. The number of amidine groups is 1. The third kappa shape index (κ3) is 1.49. The summed E-state index contributed by atoms with van der Waals surface area (Å²) < 4.78 is 5.30. The monoisotopic (exact) mass is 271 g/mol. The summed E-state index contributed by atoms with van der Waals surface area (Å²) >= 11 is 0. The normalized spacial score (nSPS) is 23.9. The Morgan fingerprint density at radius 2 is 2.40 bits per heavy atom. The molecular formula is C15H17N3O2. The highest BCUT2D eigenvalue weighted by Gasteiger charge is 2.52. The van der Waals surface area contributed by atoms with E-state index in [1.54, 1.807) is 18.1 Å². The van der Waals surface area contributed by atoms with Gasteiger partial charge in [-0.05, 0) is 36.1 Å². The van der Waals surface area contributed by atoms with E-state index in [1.807, 2.05) is 18.2 Å². The van der Waals surface area contributed by atoms with Crippen molar-refractivity contribution in [1.29, 1.82) is 0 Å². The van der Waals surface area contributed by atoms with Crippen LogP contribution in [0.15, 0.2) is 35.8 Å². The first-order chi connectivity index (χ1) is 9.63. The van der Waals surface area contributed by atoms with Crippen molar-refractivity contribution in [3.05, 3.63) is 42.0 Å². The maximum atomic E-state index is 12.1. The highest BCUT2D eigenvalue weighted by atomic mass is 16.5. The molecule has 1 atom stereocenters. The SMILES string of the molecule is C=CCN1C(=O)N=C(N)C12CCc1ccc(OC)cc12. The molecule has 104 valence electrons. The average Bonchev–Trinajstić information content (AvgIpc) is 2.93. The van der Waals surface area contributed by atoms with E-state index in [0.29, 0.717) is 12.4 Å². The first-order valence-corrected chi connectivity index (χ1v) is 6.58. The van der Waals surface area contributed by atoms with Gasteiger partial charge in [0.05, 0.1) is 7.11 Å². The van der Waals surface area contributed by atoms with Gasteiger partial charge in [-0.15, -0.1) is 6.58 Å². The summed E-state index contributed by atoms with van der Waals surface area (Å²) in [6, 6.07) is 5.63. The molecule has 0 aromatic heterocycles. The summed E-state index contributed by atoms with van der Waals surface area (Å²) in [5.41, 5.74) is 7.68. The van der Waals surface area contributed by atoms with Crippen LogP contribution in [-0.2, 0) is 12.0 Å². The van der Waals surface area contributed by atoms with Crippen LogP contribution in [0.25, 0.3) is 0 Å². The van der Waals surface area contributed by atoms with Gasteiger partial charge < -0.3 is 15.4 Å². The standard InChI is InChI=1S/C15H17N3O2/c1-3-8-18-14(19)17-13(16)15(18)7-6-10-4-5-11(20-2)9-12(10)15/h3-5,9H,1,6-8H2,2H3,(H2,16,17,19). The van der Waals surface area contributed by atoms with Crippen molar-refractivity contribution in [1.82, 2.24) is 4.90 Å². The number of nitrogens with zero attached hydrogens (tertiary/aromatic N) is 2. The van der Waals surface area contributed by atoms with Crippen molar-refractivity contribution in [2.45, 2.75) is 18.4 Å². The van der Waals surface area contributed by atoms with Gasteiger partial charge in [0.1, 0.15) is 17.1 Å². The summed E-state index contributed by atoms with van der Waals surface area (Å²) in [6.07, 6.45) is 3.33. The van der Waals surface area contributed by atoms with E-state index in [9.17, 15) is 4.79 Å². The van der Waals surface area contributed by atoms with E-state index in [4.69, 9.17) is 10.5 Å². The van der Waals surface area contributed by atoms with Gasteiger partial charge in [0.2, 0.25) is 0 Å². The van der Waals surface area contributed by atoms with Gasteiger partial charge >= 0.3 is 6.03 Å². The van der Waals surface area contributed by atoms with E-state index in [-0.39, 0.29) is 6.03 Å². The molecule has 1 heterocycles. The molecule has 0 radical (unpaired) electrons. The second kappa shape index (κ2) is 4.37. The van der Waals surface area contributed by atoms with Crippen LogP contribution in [0.5, 0.6) is 5.75 Å². The van der Waals surface area contributed by atoms with E-state index in [2.05, 4.69) is 11.6 Å². The summed E-state index contributed by atoms with van der Waals surface area (Å²) in [5, 5.41) is 0. The first kappa shape index (κ1) is 12.7. The molecule has 1 aliphatic carbocycles.